The number of hydrogen-bond donors (Lipinski definition) is 1. The number of rotatable bonds is 9. The van der Waals surface area contributed by atoms with Crippen LogP contribution in [0.5, 0.6) is 0 Å². The third-order valence-corrected chi connectivity index (χ3v) is 5.34. The maximum Gasteiger partial charge on any atom is 0.225 e. The van der Waals surface area contributed by atoms with Crippen LogP contribution in [0.4, 0.5) is 0 Å². The zero-order chi connectivity index (χ0) is 20.6. The summed E-state index contributed by atoms with van der Waals surface area (Å²) in [5.41, 5.74) is 3.44. The van der Waals surface area contributed by atoms with Crippen LogP contribution in [0.25, 0.3) is 0 Å². The van der Waals surface area contributed by atoms with Gasteiger partial charge in [-0.15, -0.1) is 0 Å². The first-order chi connectivity index (χ1) is 14.0. The molecule has 3 rings (SSSR count). The summed E-state index contributed by atoms with van der Waals surface area (Å²) in [6.45, 7) is 6.26. The highest BCUT2D eigenvalue weighted by atomic mass is 16.5. The highest BCUT2D eigenvalue weighted by Crippen LogP contribution is 2.21. The largest absolute Gasteiger partial charge is 0.374 e. The van der Waals surface area contributed by atoms with Crippen LogP contribution in [-0.2, 0) is 20.9 Å². The zero-order valence-electron chi connectivity index (χ0n) is 17.3. The van der Waals surface area contributed by atoms with Crippen LogP contribution in [0, 0.1) is 12.8 Å². The number of ether oxygens (including phenoxy) is 1. The fraction of sp³-hybridized carbons (Fsp3) is 0.417. The van der Waals surface area contributed by atoms with Crippen LogP contribution >= 0.6 is 0 Å². The van der Waals surface area contributed by atoms with Gasteiger partial charge in [0.25, 0.3) is 0 Å². The summed E-state index contributed by atoms with van der Waals surface area (Å²) >= 11 is 0. The first kappa shape index (κ1) is 21.1. The average molecular weight is 395 g/mol. The average Bonchev–Trinajstić information content (AvgIpc) is 3.10. The Morgan fingerprint density at radius 2 is 1.90 bits per heavy atom. The van der Waals surface area contributed by atoms with Crippen LogP contribution in [0.15, 0.2) is 54.6 Å². The monoisotopic (exact) mass is 394 g/mol. The van der Waals surface area contributed by atoms with E-state index in [4.69, 9.17) is 4.74 Å². The van der Waals surface area contributed by atoms with E-state index >= 15 is 0 Å². The fourth-order valence-corrected chi connectivity index (χ4v) is 3.52. The van der Waals surface area contributed by atoms with Gasteiger partial charge >= 0.3 is 0 Å². The van der Waals surface area contributed by atoms with Gasteiger partial charge in [0, 0.05) is 32.7 Å². The molecule has 0 saturated carbocycles. The maximum atomic E-state index is 12.4. The fourth-order valence-electron chi connectivity index (χ4n) is 3.52. The Morgan fingerprint density at radius 3 is 2.62 bits per heavy atom. The number of aryl methyl sites for hydroxylation is 1. The van der Waals surface area contributed by atoms with Crippen molar-refractivity contribution >= 4 is 11.8 Å². The van der Waals surface area contributed by atoms with Crippen molar-refractivity contribution in [3.63, 3.8) is 0 Å². The molecule has 2 aromatic rings. The minimum atomic E-state index is -0.267. The molecule has 0 aliphatic carbocycles. The van der Waals surface area contributed by atoms with Gasteiger partial charge in [-0.2, -0.15) is 0 Å². The van der Waals surface area contributed by atoms with Gasteiger partial charge in [-0.3, -0.25) is 9.59 Å². The molecule has 1 fully saturated rings. The number of amides is 2. The van der Waals surface area contributed by atoms with E-state index in [0.29, 0.717) is 32.7 Å². The molecule has 1 heterocycles. The Hall–Kier alpha value is -2.66. The number of benzene rings is 2. The molecule has 2 atom stereocenters. The molecule has 2 amide bonds. The lowest BCUT2D eigenvalue weighted by molar-refractivity contribution is -0.129. The topological polar surface area (TPSA) is 58.6 Å². The summed E-state index contributed by atoms with van der Waals surface area (Å²) in [5.74, 6) is -0.260. The van der Waals surface area contributed by atoms with Gasteiger partial charge in [0.1, 0.15) is 0 Å². The second-order valence-corrected chi connectivity index (χ2v) is 7.73. The minimum Gasteiger partial charge on any atom is -0.374 e. The molecule has 5 nitrogen and oxygen atoms in total. The number of likely N-dealkylation sites (tertiary alicyclic amines) is 1. The number of carbonyl (C=O) groups is 2. The molecule has 154 valence electrons. The molecule has 2 aromatic carbocycles. The molecule has 2 unspecified atom stereocenters. The van der Waals surface area contributed by atoms with Gasteiger partial charge < -0.3 is 15.0 Å². The normalized spacial score (nSPS) is 17.4. The second kappa shape index (κ2) is 10.2. The molecular formula is C24H30N2O3. The van der Waals surface area contributed by atoms with Crippen molar-refractivity contribution in [2.24, 2.45) is 5.92 Å². The summed E-state index contributed by atoms with van der Waals surface area (Å²) in [4.78, 5) is 26.5. The van der Waals surface area contributed by atoms with Crippen molar-refractivity contribution in [3.05, 3.63) is 71.3 Å². The van der Waals surface area contributed by atoms with Gasteiger partial charge in [0.15, 0.2) is 0 Å². The zero-order valence-corrected chi connectivity index (χ0v) is 17.3. The highest BCUT2D eigenvalue weighted by Gasteiger charge is 2.33. The first-order valence-electron chi connectivity index (χ1n) is 10.3. The van der Waals surface area contributed by atoms with Gasteiger partial charge in [0.05, 0.1) is 12.0 Å². The van der Waals surface area contributed by atoms with Crippen LogP contribution in [0.1, 0.15) is 42.6 Å². The Bertz CT molecular complexity index is 805. The minimum absolute atomic E-state index is 0.0367. The maximum absolute atomic E-state index is 12.4. The molecule has 0 spiro atoms. The van der Waals surface area contributed by atoms with E-state index < -0.39 is 0 Å². The van der Waals surface area contributed by atoms with Crippen LogP contribution in [0.3, 0.4) is 0 Å². The molecule has 0 aromatic heterocycles. The van der Waals surface area contributed by atoms with Gasteiger partial charge in [-0.05, 0) is 31.4 Å². The molecule has 29 heavy (non-hydrogen) atoms. The lowest BCUT2D eigenvalue weighted by Crippen LogP contribution is -2.33. The van der Waals surface area contributed by atoms with E-state index in [1.165, 1.54) is 5.56 Å². The molecule has 5 heteroatoms. The first-order valence-corrected chi connectivity index (χ1v) is 10.3. The predicted octanol–water partition coefficient (Wildman–Crippen LogP) is 3.63. The third kappa shape index (κ3) is 6.16. The molecule has 1 N–H and O–H groups in total. The van der Waals surface area contributed by atoms with Crippen molar-refractivity contribution < 1.29 is 14.3 Å². The Labute approximate surface area is 173 Å². The van der Waals surface area contributed by atoms with Crippen molar-refractivity contribution in [2.45, 2.75) is 39.3 Å². The van der Waals surface area contributed by atoms with E-state index in [2.05, 4.69) is 5.32 Å². The van der Waals surface area contributed by atoms with Crippen molar-refractivity contribution in [1.29, 1.82) is 0 Å². The summed E-state index contributed by atoms with van der Waals surface area (Å²) in [7, 11) is 0. The van der Waals surface area contributed by atoms with Crippen LogP contribution in [0.2, 0.25) is 0 Å². The summed E-state index contributed by atoms with van der Waals surface area (Å²) in [5, 5.41) is 2.95. The van der Waals surface area contributed by atoms with Gasteiger partial charge in [-0.25, -0.2) is 0 Å². The Kier molecular flexibility index (Phi) is 7.42. The number of nitrogens with one attached hydrogen (secondary N) is 1. The SMILES string of the molecule is Cc1ccc(CN2CC(C(=O)NCCCOC(C)c3ccccc3)CC2=O)cc1. The summed E-state index contributed by atoms with van der Waals surface area (Å²) in [6.07, 6.45) is 1.07. The van der Waals surface area contributed by atoms with E-state index in [0.717, 1.165) is 17.5 Å². The molecule has 1 saturated heterocycles. The lowest BCUT2D eigenvalue weighted by atomic mass is 10.1. The number of hydrogen-bond acceptors (Lipinski definition) is 3. The van der Waals surface area contributed by atoms with Crippen molar-refractivity contribution in [1.82, 2.24) is 10.2 Å². The van der Waals surface area contributed by atoms with Gasteiger partial charge in [-0.1, -0.05) is 60.2 Å². The van der Waals surface area contributed by atoms with E-state index in [9.17, 15) is 9.59 Å². The molecule has 0 bridgehead atoms. The third-order valence-electron chi connectivity index (χ3n) is 5.34. The van der Waals surface area contributed by atoms with E-state index in [-0.39, 0.29) is 23.8 Å². The summed E-state index contributed by atoms with van der Waals surface area (Å²) < 4.78 is 5.83. The number of nitrogens with zero attached hydrogens (tertiary/aromatic N) is 1. The number of carbonyl (C=O) groups excluding carboxylic acids is 2. The van der Waals surface area contributed by atoms with E-state index in [1.807, 2.05) is 68.4 Å². The van der Waals surface area contributed by atoms with Gasteiger partial charge in [0.2, 0.25) is 11.8 Å². The van der Waals surface area contributed by atoms with Crippen LogP contribution < -0.4 is 5.32 Å². The molecular weight excluding hydrogens is 364 g/mol. The molecule has 1 aliphatic rings. The second-order valence-electron chi connectivity index (χ2n) is 7.73. The quantitative estimate of drug-likeness (QED) is 0.661. The van der Waals surface area contributed by atoms with Crippen molar-refractivity contribution in [2.75, 3.05) is 19.7 Å². The smallest absolute Gasteiger partial charge is 0.225 e. The molecule has 1 aliphatic heterocycles. The van der Waals surface area contributed by atoms with E-state index in [1.54, 1.807) is 4.90 Å². The molecule has 0 radical (unpaired) electrons. The Morgan fingerprint density at radius 1 is 1.17 bits per heavy atom. The standard InChI is InChI=1S/C24H30N2O3/c1-18-9-11-20(12-10-18)16-26-17-22(15-23(26)27)24(28)25-13-6-14-29-19(2)21-7-4-3-5-8-21/h3-5,7-12,19,22H,6,13-17H2,1-2H3,(H,25,28). The predicted molar refractivity (Wildman–Crippen MR) is 113 cm³/mol. The Balaban J connectivity index is 1.35. The van der Waals surface area contributed by atoms with Crippen LogP contribution in [-0.4, -0.2) is 36.4 Å². The lowest BCUT2D eigenvalue weighted by Gasteiger charge is -2.17. The highest BCUT2D eigenvalue weighted by molar-refractivity contribution is 5.89. The van der Waals surface area contributed by atoms with Crippen molar-refractivity contribution in [3.8, 4) is 0 Å². The summed E-state index contributed by atoms with van der Waals surface area (Å²) in [6, 6.07) is 18.2.